The number of nitrogens with zero attached hydrogens (tertiary/aromatic N) is 2. The van der Waals surface area contributed by atoms with Crippen LogP contribution < -0.4 is 10.9 Å². The number of rotatable bonds is 2. The van der Waals surface area contributed by atoms with Crippen LogP contribution in [0, 0.1) is 0 Å². The highest BCUT2D eigenvalue weighted by Crippen LogP contribution is 2.10. The molecule has 0 saturated carbocycles. The molecule has 0 bridgehead atoms. The van der Waals surface area contributed by atoms with Crippen LogP contribution in [0.4, 0.5) is 0 Å². The summed E-state index contributed by atoms with van der Waals surface area (Å²) < 4.78 is 0. The predicted octanol–water partition coefficient (Wildman–Crippen LogP) is 2.03. The molecule has 0 spiro atoms. The van der Waals surface area contributed by atoms with Gasteiger partial charge in [0.25, 0.3) is 0 Å². The molecule has 16 heavy (non-hydrogen) atoms. The van der Waals surface area contributed by atoms with Crippen molar-refractivity contribution in [2.24, 2.45) is 10.2 Å². The molecule has 2 aromatic heterocycles. The number of hydrazone groups is 2. The van der Waals surface area contributed by atoms with E-state index in [0.29, 0.717) is 0 Å². The Morgan fingerprint density at radius 2 is 1.31 bits per heavy atom. The van der Waals surface area contributed by atoms with Crippen molar-refractivity contribution >= 4 is 34.3 Å². The highest BCUT2D eigenvalue weighted by molar-refractivity contribution is 7.08. The maximum atomic E-state index is 4.25. The SMILES string of the molecule is c1cc(C2=NNC(c3ccsc3)=NN2)cs1. The van der Waals surface area contributed by atoms with E-state index < -0.39 is 0 Å². The summed E-state index contributed by atoms with van der Waals surface area (Å²) in [7, 11) is 0. The zero-order chi connectivity index (χ0) is 10.8. The van der Waals surface area contributed by atoms with Crippen LogP contribution >= 0.6 is 22.7 Å². The van der Waals surface area contributed by atoms with Crippen molar-refractivity contribution in [3.8, 4) is 0 Å². The second-order valence-corrected chi connectivity index (χ2v) is 4.73. The molecule has 0 unspecified atom stereocenters. The van der Waals surface area contributed by atoms with Crippen LogP contribution in [0.3, 0.4) is 0 Å². The van der Waals surface area contributed by atoms with Crippen molar-refractivity contribution in [1.82, 2.24) is 10.9 Å². The van der Waals surface area contributed by atoms with Crippen LogP contribution in [-0.4, -0.2) is 11.7 Å². The molecular formula is C10H8N4S2. The van der Waals surface area contributed by atoms with Crippen molar-refractivity contribution in [3.05, 3.63) is 44.8 Å². The summed E-state index contributed by atoms with van der Waals surface area (Å²) in [5.74, 6) is 1.50. The maximum absolute atomic E-state index is 4.25. The molecule has 3 heterocycles. The lowest BCUT2D eigenvalue weighted by atomic mass is 10.3. The zero-order valence-electron chi connectivity index (χ0n) is 8.18. The van der Waals surface area contributed by atoms with Crippen LogP contribution in [0.25, 0.3) is 0 Å². The summed E-state index contributed by atoms with van der Waals surface area (Å²) in [6, 6.07) is 4.01. The fourth-order valence-electron chi connectivity index (χ4n) is 1.32. The smallest absolute Gasteiger partial charge is 0.174 e. The Morgan fingerprint density at radius 3 is 1.62 bits per heavy atom. The van der Waals surface area contributed by atoms with E-state index in [-0.39, 0.29) is 0 Å². The van der Waals surface area contributed by atoms with Gasteiger partial charge in [0.05, 0.1) is 0 Å². The first-order chi connectivity index (χ1) is 7.93. The second kappa shape index (κ2) is 4.07. The fourth-order valence-corrected chi connectivity index (χ4v) is 2.61. The molecule has 2 aromatic rings. The molecule has 1 aliphatic heterocycles. The molecule has 0 amide bonds. The summed E-state index contributed by atoms with van der Waals surface area (Å²) in [4.78, 5) is 0. The van der Waals surface area contributed by atoms with Crippen LogP contribution in [-0.2, 0) is 0 Å². The summed E-state index contributed by atoms with van der Waals surface area (Å²) >= 11 is 3.27. The molecule has 0 aliphatic carbocycles. The molecule has 0 radical (unpaired) electrons. The van der Waals surface area contributed by atoms with Gasteiger partial charge in [-0.15, -0.1) is 0 Å². The van der Waals surface area contributed by atoms with E-state index in [4.69, 9.17) is 0 Å². The standard InChI is InChI=1S/C10H8N4S2/c1-3-15-5-7(1)9-11-13-10(14-12-9)8-2-4-16-6-8/h1-6H,(H,11,12)(H,13,14). The van der Waals surface area contributed by atoms with Gasteiger partial charge in [-0.2, -0.15) is 32.9 Å². The van der Waals surface area contributed by atoms with E-state index in [1.54, 1.807) is 22.7 Å². The van der Waals surface area contributed by atoms with Crippen LogP contribution in [0.5, 0.6) is 0 Å². The number of thiophene rings is 2. The van der Waals surface area contributed by atoms with Gasteiger partial charge in [-0.25, -0.2) is 0 Å². The Balaban J connectivity index is 1.79. The van der Waals surface area contributed by atoms with Gasteiger partial charge in [-0.1, -0.05) is 0 Å². The maximum Gasteiger partial charge on any atom is 0.174 e. The number of nitrogens with one attached hydrogen (secondary N) is 2. The quantitative estimate of drug-likeness (QED) is 0.854. The van der Waals surface area contributed by atoms with Crippen molar-refractivity contribution in [3.63, 3.8) is 0 Å². The van der Waals surface area contributed by atoms with Gasteiger partial charge in [0.2, 0.25) is 0 Å². The Bertz CT molecular complexity index is 475. The first-order valence-electron chi connectivity index (χ1n) is 4.66. The van der Waals surface area contributed by atoms with E-state index >= 15 is 0 Å². The molecule has 3 rings (SSSR count). The van der Waals surface area contributed by atoms with Gasteiger partial charge in [-0.3, -0.25) is 10.9 Å². The summed E-state index contributed by atoms with van der Waals surface area (Å²) in [6.07, 6.45) is 0. The minimum atomic E-state index is 0.750. The molecular weight excluding hydrogens is 240 g/mol. The Labute approximate surface area is 100 Å². The average molecular weight is 248 g/mol. The van der Waals surface area contributed by atoms with Crippen LogP contribution in [0.2, 0.25) is 0 Å². The minimum absolute atomic E-state index is 0.750. The molecule has 0 aromatic carbocycles. The summed E-state index contributed by atoms with van der Waals surface area (Å²) in [5.41, 5.74) is 7.99. The molecule has 0 fully saturated rings. The lowest BCUT2D eigenvalue weighted by molar-refractivity contribution is 0.884. The summed E-state index contributed by atoms with van der Waals surface area (Å²) in [5, 5.41) is 16.6. The fraction of sp³-hybridized carbons (Fsp3) is 0. The van der Waals surface area contributed by atoms with Gasteiger partial charge < -0.3 is 0 Å². The van der Waals surface area contributed by atoms with Crippen LogP contribution in [0.15, 0.2) is 43.9 Å². The topological polar surface area (TPSA) is 48.8 Å². The number of hydrogen-bond donors (Lipinski definition) is 2. The Hall–Kier alpha value is -1.66. The lowest BCUT2D eigenvalue weighted by Gasteiger charge is -2.12. The van der Waals surface area contributed by atoms with E-state index in [1.165, 1.54) is 0 Å². The van der Waals surface area contributed by atoms with Crippen molar-refractivity contribution < 1.29 is 0 Å². The predicted molar refractivity (Wildman–Crippen MR) is 68.0 cm³/mol. The molecule has 4 nitrogen and oxygen atoms in total. The molecule has 6 heteroatoms. The zero-order valence-corrected chi connectivity index (χ0v) is 9.81. The molecule has 0 atom stereocenters. The first-order valence-corrected chi connectivity index (χ1v) is 6.54. The van der Waals surface area contributed by atoms with E-state index in [2.05, 4.69) is 21.1 Å². The largest absolute Gasteiger partial charge is 0.257 e. The second-order valence-electron chi connectivity index (χ2n) is 3.17. The third kappa shape index (κ3) is 1.72. The lowest BCUT2D eigenvalue weighted by Crippen LogP contribution is -2.34. The third-order valence-corrected chi connectivity index (χ3v) is 3.50. The van der Waals surface area contributed by atoms with E-state index in [0.717, 1.165) is 22.8 Å². The van der Waals surface area contributed by atoms with Crippen molar-refractivity contribution in [2.45, 2.75) is 0 Å². The number of amidine groups is 2. The average Bonchev–Trinajstić information content (AvgIpc) is 3.03. The van der Waals surface area contributed by atoms with E-state index in [9.17, 15) is 0 Å². The van der Waals surface area contributed by atoms with Gasteiger partial charge in [0, 0.05) is 21.9 Å². The molecule has 2 N–H and O–H groups in total. The van der Waals surface area contributed by atoms with Gasteiger partial charge in [0.15, 0.2) is 11.7 Å². The van der Waals surface area contributed by atoms with Gasteiger partial charge in [0.1, 0.15) is 0 Å². The summed E-state index contributed by atoms with van der Waals surface area (Å²) in [6.45, 7) is 0. The van der Waals surface area contributed by atoms with Gasteiger partial charge in [-0.05, 0) is 22.9 Å². The molecule has 80 valence electrons. The molecule has 1 aliphatic rings. The van der Waals surface area contributed by atoms with Gasteiger partial charge >= 0.3 is 0 Å². The van der Waals surface area contributed by atoms with Crippen molar-refractivity contribution in [1.29, 1.82) is 0 Å². The monoisotopic (exact) mass is 248 g/mol. The Morgan fingerprint density at radius 1 is 0.812 bits per heavy atom. The first kappa shape index (κ1) is 9.56. The Kier molecular flexibility index (Phi) is 2.43. The van der Waals surface area contributed by atoms with E-state index in [1.807, 2.05) is 33.7 Å². The van der Waals surface area contributed by atoms with Crippen molar-refractivity contribution in [2.75, 3.05) is 0 Å². The highest BCUT2D eigenvalue weighted by Gasteiger charge is 2.11. The minimum Gasteiger partial charge on any atom is -0.257 e. The highest BCUT2D eigenvalue weighted by atomic mass is 32.1. The number of hydrogen-bond acceptors (Lipinski definition) is 6. The third-order valence-electron chi connectivity index (χ3n) is 2.14. The van der Waals surface area contributed by atoms with Crippen LogP contribution in [0.1, 0.15) is 11.1 Å². The molecule has 0 saturated heterocycles. The normalized spacial score (nSPS) is 14.8.